The van der Waals surface area contributed by atoms with E-state index in [0.29, 0.717) is 24.6 Å². The normalized spacial score (nSPS) is 11.5. The molecular formula is C28H25N3O3S. The number of nitrogens with zero attached hydrogens (tertiary/aromatic N) is 2. The average molecular weight is 484 g/mol. The fourth-order valence-electron chi connectivity index (χ4n) is 3.96. The minimum Gasteiger partial charge on any atom is -0.489 e. The van der Waals surface area contributed by atoms with Crippen LogP contribution < -0.4 is 9.46 Å². The minimum atomic E-state index is -3.74. The molecular weight excluding hydrogens is 458 g/mol. The molecule has 0 saturated carbocycles. The van der Waals surface area contributed by atoms with E-state index in [1.807, 2.05) is 73.7 Å². The molecule has 5 aromatic rings. The zero-order chi connectivity index (χ0) is 24.3. The Morgan fingerprint density at radius 1 is 0.829 bits per heavy atom. The summed E-state index contributed by atoms with van der Waals surface area (Å²) >= 11 is 0. The Labute approximate surface area is 204 Å². The van der Waals surface area contributed by atoms with Gasteiger partial charge in [0.1, 0.15) is 18.2 Å². The van der Waals surface area contributed by atoms with E-state index in [2.05, 4.69) is 14.3 Å². The Bertz CT molecular complexity index is 1560. The Kier molecular flexibility index (Phi) is 6.25. The van der Waals surface area contributed by atoms with Crippen LogP contribution in [0, 0.1) is 6.92 Å². The lowest BCUT2D eigenvalue weighted by Crippen LogP contribution is -2.13. The molecule has 0 atom stereocenters. The van der Waals surface area contributed by atoms with Crippen LogP contribution in [0.2, 0.25) is 0 Å². The molecule has 7 heteroatoms. The van der Waals surface area contributed by atoms with Gasteiger partial charge < -0.3 is 9.30 Å². The highest BCUT2D eigenvalue weighted by molar-refractivity contribution is 7.92. The quantitative estimate of drug-likeness (QED) is 0.304. The van der Waals surface area contributed by atoms with Crippen molar-refractivity contribution in [3.8, 4) is 5.75 Å². The van der Waals surface area contributed by atoms with Crippen LogP contribution in [0.5, 0.6) is 5.75 Å². The Hall–Kier alpha value is -4.10. The Morgan fingerprint density at radius 3 is 2.37 bits per heavy atom. The van der Waals surface area contributed by atoms with Crippen LogP contribution >= 0.6 is 0 Å². The van der Waals surface area contributed by atoms with Crippen molar-refractivity contribution >= 4 is 26.7 Å². The van der Waals surface area contributed by atoms with Gasteiger partial charge in [0.2, 0.25) is 0 Å². The van der Waals surface area contributed by atoms with Crippen molar-refractivity contribution in [1.29, 1.82) is 0 Å². The lowest BCUT2D eigenvalue weighted by atomic mass is 10.2. The van der Waals surface area contributed by atoms with E-state index >= 15 is 0 Å². The summed E-state index contributed by atoms with van der Waals surface area (Å²) in [5.41, 5.74) is 4.48. The maximum Gasteiger partial charge on any atom is 0.261 e. The topological polar surface area (TPSA) is 73.2 Å². The molecule has 1 heterocycles. The number of hydrogen-bond donors (Lipinski definition) is 1. The maximum atomic E-state index is 13.0. The summed E-state index contributed by atoms with van der Waals surface area (Å²) in [6.45, 7) is 2.99. The number of sulfonamides is 1. The fraction of sp³-hybridized carbons (Fsp3) is 0.107. The van der Waals surface area contributed by atoms with E-state index in [1.165, 1.54) is 0 Å². The zero-order valence-corrected chi connectivity index (χ0v) is 20.1. The second-order valence-corrected chi connectivity index (χ2v) is 9.97. The number of fused-ring (bicyclic) bond motifs is 1. The van der Waals surface area contributed by atoms with Crippen molar-refractivity contribution in [2.45, 2.75) is 25.0 Å². The van der Waals surface area contributed by atoms with E-state index < -0.39 is 10.0 Å². The van der Waals surface area contributed by atoms with Crippen LogP contribution in [0.1, 0.15) is 17.0 Å². The van der Waals surface area contributed by atoms with Gasteiger partial charge >= 0.3 is 0 Å². The smallest absolute Gasteiger partial charge is 0.261 e. The van der Waals surface area contributed by atoms with E-state index in [0.717, 1.165) is 28.0 Å². The van der Waals surface area contributed by atoms with Gasteiger partial charge in [-0.05, 0) is 54.4 Å². The molecule has 0 saturated heterocycles. The van der Waals surface area contributed by atoms with Gasteiger partial charge in [0.15, 0.2) is 0 Å². The number of para-hydroxylation sites is 2. The summed E-state index contributed by atoms with van der Waals surface area (Å²) in [7, 11) is -3.74. The SMILES string of the molecule is Cc1nc2ccccc2n1Cc1ccc(S(=O)(=O)Nc2cccc(OCc3ccccc3)c2)cc1. The van der Waals surface area contributed by atoms with Crippen molar-refractivity contribution < 1.29 is 13.2 Å². The second-order valence-electron chi connectivity index (χ2n) is 8.29. The van der Waals surface area contributed by atoms with Crippen LogP contribution in [0.3, 0.4) is 0 Å². The van der Waals surface area contributed by atoms with Crippen molar-refractivity contribution in [1.82, 2.24) is 9.55 Å². The number of benzene rings is 4. The van der Waals surface area contributed by atoms with Gasteiger partial charge in [-0.1, -0.05) is 60.7 Å². The van der Waals surface area contributed by atoms with Crippen molar-refractivity contribution in [2.75, 3.05) is 4.72 Å². The third kappa shape index (κ3) is 5.20. The van der Waals surface area contributed by atoms with Gasteiger partial charge in [-0.15, -0.1) is 0 Å². The first-order valence-corrected chi connectivity index (χ1v) is 12.8. The number of aryl methyl sites for hydroxylation is 1. The van der Waals surface area contributed by atoms with Crippen molar-refractivity contribution in [3.05, 3.63) is 120 Å². The van der Waals surface area contributed by atoms with Gasteiger partial charge in [0, 0.05) is 12.6 Å². The third-order valence-electron chi connectivity index (χ3n) is 5.75. The predicted octanol–water partition coefficient (Wildman–Crippen LogP) is 5.77. The molecule has 6 nitrogen and oxygen atoms in total. The number of anilines is 1. The van der Waals surface area contributed by atoms with E-state index in [9.17, 15) is 8.42 Å². The Balaban J connectivity index is 1.28. The monoisotopic (exact) mass is 483 g/mol. The zero-order valence-electron chi connectivity index (χ0n) is 19.3. The molecule has 0 unspecified atom stereocenters. The number of nitrogens with one attached hydrogen (secondary N) is 1. The van der Waals surface area contributed by atoms with Crippen LogP contribution in [0.25, 0.3) is 11.0 Å². The molecule has 0 bridgehead atoms. The molecule has 1 aromatic heterocycles. The fourth-order valence-corrected chi connectivity index (χ4v) is 5.01. The molecule has 35 heavy (non-hydrogen) atoms. The number of aromatic nitrogens is 2. The first-order chi connectivity index (χ1) is 17.0. The maximum absolute atomic E-state index is 13.0. The molecule has 0 aliphatic rings. The summed E-state index contributed by atoms with van der Waals surface area (Å²) in [6.07, 6.45) is 0. The minimum absolute atomic E-state index is 0.198. The molecule has 0 aliphatic carbocycles. The molecule has 1 N–H and O–H groups in total. The van der Waals surface area contributed by atoms with Crippen LogP contribution in [-0.4, -0.2) is 18.0 Å². The van der Waals surface area contributed by atoms with Crippen LogP contribution in [0.15, 0.2) is 108 Å². The molecule has 0 amide bonds. The van der Waals surface area contributed by atoms with Crippen LogP contribution in [-0.2, 0) is 23.2 Å². The van der Waals surface area contributed by atoms with Gasteiger partial charge in [0.05, 0.1) is 21.6 Å². The molecule has 176 valence electrons. The van der Waals surface area contributed by atoms with E-state index in [-0.39, 0.29) is 4.90 Å². The number of hydrogen-bond acceptors (Lipinski definition) is 4. The summed E-state index contributed by atoms with van der Waals surface area (Å²) in [6, 6.07) is 31.7. The molecule has 4 aromatic carbocycles. The van der Waals surface area contributed by atoms with Gasteiger partial charge in [-0.25, -0.2) is 13.4 Å². The molecule has 5 rings (SSSR count). The summed E-state index contributed by atoms with van der Waals surface area (Å²) in [4.78, 5) is 4.80. The predicted molar refractivity (Wildman–Crippen MR) is 138 cm³/mol. The highest BCUT2D eigenvalue weighted by Gasteiger charge is 2.15. The summed E-state index contributed by atoms with van der Waals surface area (Å²) < 4.78 is 36.6. The van der Waals surface area contributed by atoms with Crippen LogP contribution in [0.4, 0.5) is 5.69 Å². The Morgan fingerprint density at radius 2 is 1.57 bits per heavy atom. The second kappa shape index (κ2) is 9.64. The number of rotatable bonds is 8. The molecule has 0 fully saturated rings. The standard InChI is InChI=1S/C28H25N3O3S/c1-21-29-27-12-5-6-13-28(27)31(21)19-22-14-16-26(17-15-22)35(32,33)30-24-10-7-11-25(18-24)34-20-23-8-3-2-4-9-23/h2-18,30H,19-20H2,1H3. The summed E-state index contributed by atoms with van der Waals surface area (Å²) in [5.74, 6) is 1.51. The molecule has 0 aliphatic heterocycles. The van der Waals surface area contributed by atoms with Crippen molar-refractivity contribution in [3.63, 3.8) is 0 Å². The molecule has 0 spiro atoms. The van der Waals surface area contributed by atoms with Crippen molar-refractivity contribution in [2.24, 2.45) is 0 Å². The lowest BCUT2D eigenvalue weighted by molar-refractivity contribution is 0.306. The highest BCUT2D eigenvalue weighted by Crippen LogP contribution is 2.23. The van der Waals surface area contributed by atoms with E-state index in [1.54, 1.807) is 36.4 Å². The highest BCUT2D eigenvalue weighted by atomic mass is 32.2. The van der Waals surface area contributed by atoms with Gasteiger partial charge in [-0.3, -0.25) is 4.72 Å². The van der Waals surface area contributed by atoms with Gasteiger partial charge in [-0.2, -0.15) is 0 Å². The third-order valence-corrected chi connectivity index (χ3v) is 7.15. The van der Waals surface area contributed by atoms with Gasteiger partial charge in [0.25, 0.3) is 10.0 Å². The first kappa shape index (κ1) is 22.7. The summed E-state index contributed by atoms with van der Waals surface area (Å²) in [5, 5.41) is 0. The lowest BCUT2D eigenvalue weighted by Gasteiger charge is -2.12. The first-order valence-electron chi connectivity index (χ1n) is 11.3. The largest absolute Gasteiger partial charge is 0.489 e. The van der Waals surface area contributed by atoms with E-state index in [4.69, 9.17) is 4.74 Å². The number of imidazole rings is 1. The number of ether oxygens (including phenoxy) is 1. The average Bonchev–Trinajstić information content (AvgIpc) is 3.18. The molecule has 0 radical (unpaired) electrons.